The van der Waals surface area contributed by atoms with E-state index in [1.807, 2.05) is 4.90 Å². The zero-order valence-electron chi connectivity index (χ0n) is 12.4. The summed E-state index contributed by atoms with van der Waals surface area (Å²) in [6, 6.07) is -0.748. The maximum absolute atomic E-state index is 12.4. The van der Waals surface area contributed by atoms with Crippen LogP contribution in [-0.4, -0.2) is 71.5 Å². The van der Waals surface area contributed by atoms with Crippen LogP contribution in [0.5, 0.6) is 0 Å². The van der Waals surface area contributed by atoms with Gasteiger partial charge in [-0.25, -0.2) is 0 Å². The highest BCUT2D eigenvalue weighted by molar-refractivity contribution is 5.88. The molecule has 0 radical (unpaired) electrons. The Kier molecular flexibility index (Phi) is 5.17. The third kappa shape index (κ3) is 4.17. The summed E-state index contributed by atoms with van der Waals surface area (Å²) in [5.74, 6) is -0.835. The number of nitrogens with zero attached hydrogens (tertiary/aromatic N) is 2. The number of piperidine rings is 1. The lowest BCUT2D eigenvalue weighted by Gasteiger charge is -2.37. The van der Waals surface area contributed by atoms with Gasteiger partial charge in [-0.15, -0.1) is 0 Å². The van der Waals surface area contributed by atoms with Crippen LogP contribution in [0.2, 0.25) is 0 Å². The average molecular weight is 297 g/mol. The molecule has 2 fully saturated rings. The molecule has 118 valence electrons. The molecule has 2 saturated heterocycles. The minimum Gasteiger partial charge on any atom is -0.481 e. The van der Waals surface area contributed by atoms with E-state index in [1.165, 1.54) is 0 Å². The van der Waals surface area contributed by atoms with E-state index in [4.69, 9.17) is 5.11 Å². The van der Waals surface area contributed by atoms with Crippen molar-refractivity contribution in [2.24, 2.45) is 5.92 Å². The van der Waals surface area contributed by atoms with Crippen LogP contribution in [0.3, 0.4) is 0 Å². The number of carbonyl (C=O) groups excluding carboxylic acids is 2. The Morgan fingerprint density at radius 1 is 1.38 bits per heavy atom. The van der Waals surface area contributed by atoms with Gasteiger partial charge in [0, 0.05) is 26.2 Å². The average Bonchev–Trinajstić information content (AvgIpc) is 2.42. The highest BCUT2D eigenvalue weighted by atomic mass is 16.4. The number of piperazine rings is 1. The maximum Gasteiger partial charge on any atom is 0.305 e. The van der Waals surface area contributed by atoms with Gasteiger partial charge in [0.2, 0.25) is 11.8 Å². The molecule has 0 bridgehead atoms. The molecule has 2 heterocycles. The van der Waals surface area contributed by atoms with Crippen LogP contribution in [0.15, 0.2) is 0 Å². The summed E-state index contributed by atoms with van der Waals surface area (Å²) in [6.45, 7) is 4.73. The number of rotatable bonds is 4. The van der Waals surface area contributed by atoms with Gasteiger partial charge in [0.1, 0.15) is 6.04 Å². The fourth-order valence-corrected chi connectivity index (χ4v) is 3.03. The molecule has 2 unspecified atom stereocenters. The van der Waals surface area contributed by atoms with Gasteiger partial charge in [0.05, 0.1) is 13.0 Å². The number of aliphatic carboxylic acids is 1. The molecule has 2 rings (SSSR count). The number of carboxylic acids is 1. The number of amides is 2. The molecular weight excluding hydrogens is 274 g/mol. The van der Waals surface area contributed by atoms with Gasteiger partial charge in [0.25, 0.3) is 0 Å². The number of carboxylic acid groups (broad SMARTS) is 1. The van der Waals surface area contributed by atoms with Gasteiger partial charge in [-0.3, -0.25) is 19.3 Å². The lowest BCUT2D eigenvalue weighted by Crippen LogP contribution is -2.58. The van der Waals surface area contributed by atoms with Gasteiger partial charge >= 0.3 is 5.97 Å². The predicted molar refractivity (Wildman–Crippen MR) is 75.6 cm³/mol. The highest BCUT2D eigenvalue weighted by Crippen LogP contribution is 2.16. The van der Waals surface area contributed by atoms with E-state index >= 15 is 0 Å². The molecule has 2 N–H and O–H groups in total. The normalized spacial score (nSPS) is 27.3. The monoisotopic (exact) mass is 297 g/mol. The first kappa shape index (κ1) is 15.8. The predicted octanol–water partition coefficient (Wildman–Crippen LogP) is -0.480. The Balaban J connectivity index is 1.96. The first-order chi connectivity index (χ1) is 9.97. The van der Waals surface area contributed by atoms with Crippen LogP contribution in [-0.2, 0) is 14.4 Å². The van der Waals surface area contributed by atoms with E-state index < -0.39 is 12.0 Å². The van der Waals surface area contributed by atoms with E-state index in [1.54, 1.807) is 4.90 Å². The van der Waals surface area contributed by atoms with E-state index in [0.29, 0.717) is 19.0 Å². The Morgan fingerprint density at radius 3 is 2.81 bits per heavy atom. The smallest absolute Gasteiger partial charge is 0.305 e. The topological polar surface area (TPSA) is 90.0 Å². The quantitative estimate of drug-likeness (QED) is 0.731. The first-order valence-electron chi connectivity index (χ1n) is 7.48. The van der Waals surface area contributed by atoms with Crippen LogP contribution < -0.4 is 5.32 Å². The van der Waals surface area contributed by atoms with E-state index in [-0.39, 0.29) is 24.8 Å². The summed E-state index contributed by atoms with van der Waals surface area (Å²) >= 11 is 0. The summed E-state index contributed by atoms with van der Waals surface area (Å²) in [5.41, 5.74) is 0. The van der Waals surface area contributed by atoms with Gasteiger partial charge in [-0.05, 0) is 18.8 Å². The summed E-state index contributed by atoms with van der Waals surface area (Å²) in [7, 11) is 0. The molecule has 2 amide bonds. The van der Waals surface area contributed by atoms with E-state index in [2.05, 4.69) is 12.2 Å². The number of nitrogens with one attached hydrogen (secondary N) is 1. The zero-order valence-corrected chi connectivity index (χ0v) is 12.4. The molecular formula is C14H23N3O4. The van der Waals surface area contributed by atoms with Crippen LogP contribution in [0.25, 0.3) is 0 Å². The number of carbonyl (C=O) groups is 3. The van der Waals surface area contributed by atoms with Crippen molar-refractivity contribution in [3.05, 3.63) is 0 Å². The van der Waals surface area contributed by atoms with Crippen molar-refractivity contribution in [2.75, 3.05) is 32.7 Å². The molecule has 7 nitrogen and oxygen atoms in total. The second-order valence-electron chi connectivity index (χ2n) is 5.96. The lowest BCUT2D eigenvalue weighted by molar-refractivity contribution is -0.145. The van der Waals surface area contributed by atoms with Crippen molar-refractivity contribution < 1.29 is 19.5 Å². The van der Waals surface area contributed by atoms with Gasteiger partial charge in [-0.1, -0.05) is 6.92 Å². The van der Waals surface area contributed by atoms with Crippen LogP contribution in [0.1, 0.15) is 26.2 Å². The lowest BCUT2D eigenvalue weighted by atomic mass is 10.00. The second kappa shape index (κ2) is 6.89. The molecule has 0 aliphatic carbocycles. The Labute approximate surface area is 124 Å². The summed E-state index contributed by atoms with van der Waals surface area (Å²) < 4.78 is 0. The molecule has 0 spiro atoms. The standard InChI is InChI=1S/C14H23N3O4/c1-10-3-2-5-17(8-10)12(18)9-16-6-4-15-14(21)11(16)7-13(19)20/h10-11H,2-9H2,1H3,(H,15,21)(H,19,20). The molecule has 21 heavy (non-hydrogen) atoms. The molecule has 0 aromatic heterocycles. The molecule has 0 aromatic carbocycles. The van der Waals surface area contributed by atoms with Crippen LogP contribution >= 0.6 is 0 Å². The van der Waals surface area contributed by atoms with Crippen LogP contribution in [0, 0.1) is 5.92 Å². The van der Waals surface area contributed by atoms with Gasteiger partial charge in [-0.2, -0.15) is 0 Å². The molecule has 0 saturated carbocycles. The Hall–Kier alpha value is -1.63. The molecule has 2 aliphatic heterocycles. The number of hydrogen-bond donors (Lipinski definition) is 2. The minimum absolute atomic E-state index is 0.00774. The zero-order chi connectivity index (χ0) is 15.4. The van der Waals surface area contributed by atoms with Crippen molar-refractivity contribution in [2.45, 2.75) is 32.2 Å². The fourth-order valence-electron chi connectivity index (χ4n) is 3.03. The number of hydrogen-bond acceptors (Lipinski definition) is 4. The van der Waals surface area contributed by atoms with Gasteiger partial charge < -0.3 is 15.3 Å². The third-order valence-corrected chi connectivity index (χ3v) is 4.16. The van der Waals surface area contributed by atoms with E-state index in [9.17, 15) is 14.4 Å². The SMILES string of the molecule is CC1CCCN(C(=O)CN2CCNC(=O)C2CC(=O)O)C1. The molecule has 7 heteroatoms. The third-order valence-electron chi connectivity index (χ3n) is 4.16. The summed E-state index contributed by atoms with van der Waals surface area (Å²) in [6.07, 6.45) is 1.87. The van der Waals surface area contributed by atoms with Crippen molar-refractivity contribution in [1.29, 1.82) is 0 Å². The van der Waals surface area contributed by atoms with Crippen molar-refractivity contribution >= 4 is 17.8 Å². The Morgan fingerprint density at radius 2 is 2.14 bits per heavy atom. The molecule has 2 aliphatic rings. The van der Waals surface area contributed by atoms with Crippen molar-refractivity contribution in [1.82, 2.24) is 15.1 Å². The van der Waals surface area contributed by atoms with Crippen molar-refractivity contribution in [3.63, 3.8) is 0 Å². The second-order valence-corrected chi connectivity index (χ2v) is 5.96. The largest absolute Gasteiger partial charge is 0.481 e. The molecule has 2 atom stereocenters. The van der Waals surface area contributed by atoms with Gasteiger partial charge in [0.15, 0.2) is 0 Å². The molecule has 0 aromatic rings. The van der Waals surface area contributed by atoms with Crippen molar-refractivity contribution in [3.8, 4) is 0 Å². The maximum atomic E-state index is 12.4. The first-order valence-corrected chi connectivity index (χ1v) is 7.48. The van der Waals surface area contributed by atoms with Crippen LogP contribution in [0.4, 0.5) is 0 Å². The van der Waals surface area contributed by atoms with E-state index in [0.717, 1.165) is 25.9 Å². The summed E-state index contributed by atoms with van der Waals surface area (Å²) in [4.78, 5) is 38.6. The summed E-state index contributed by atoms with van der Waals surface area (Å²) in [5, 5.41) is 11.6. The highest BCUT2D eigenvalue weighted by Gasteiger charge is 2.34. The number of likely N-dealkylation sites (tertiary alicyclic amines) is 1. The fraction of sp³-hybridized carbons (Fsp3) is 0.786. The minimum atomic E-state index is -1.03. The Bertz CT molecular complexity index is 426.